The van der Waals surface area contributed by atoms with Gasteiger partial charge in [0.2, 0.25) is 0 Å². The van der Waals surface area contributed by atoms with Gasteiger partial charge in [-0.1, -0.05) is 19.8 Å². The molecule has 1 aliphatic rings. The van der Waals surface area contributed by atoms with Gasteiger partial charge in [-0.25, -0.2) is 4.39 Å². The summed E-state index contributed by atoms with van der Waals surface area (Å²) < 4.78 is 13.8. The molecule has 0 aromatic heterocycles. The Morgan fingerprint density at radius 1 is 1.35 bits per heavy atom. The maximum absolute atomic E-state index is 13.8. The summed E-state index contributed by atoms with van der Waals surface area (Å²) in [5.74, 6) is 0.503. The molecule has 2 unspecified atom stereocenters. The van der Waals surface area contributed by atoms with Gasteiger partial charge < -0.3 is 10.0 Å². The van der Waals surface area contributed by atoms with E-state index in [1.807, 2.05) is 6.07 Å². The van der Waals surface area contributed by atoms with Gasteiger partial charge in [-0.2, -0.15) is 0 Å². The minimum Gasteiger partial charge on any atom is -0.389 e. The predicted octanol–water partition coefficient (Wildman–Crippen LogP) is 4.20. The van der Waals surface area contributed by atoms with Crippen LogP contribution in [0.25, 0.3) is 0 Å². The van der Waals surface area contributed by atoms with Crippen molar-refractivity contribution >= 4 is 5.69 Å². The normalized spacial score (nSPS) is 24.5. The number of aliphatic hydroxyl groups excluding tert-OH is 1. The lowest BCUT2D eigenvalue weighted by Gasteiger charge is -2.37. The molecule has 0 radical (unpaired) electrons. The van der Waals surface area contributed by atoms with Crippen molar-refractivity contribution in [3.05, 3.63) is 29.1 Å². The van der Waals surface area contributed by atoms with Gasteiger partial charge in [-0.3, -0.25) is 0 Å². The molecule has 0 spiro atoms. The zero-order chi connectivity index (χ0) is 14.9. The Kier molecular flexibility index (Phi) is 4.69. The highest BCUT2D eigenvalue weighted by molar-refractivity contribution is 5.57. The largest absolute Gasteiger partial charge is 0.389 e. The van der Waals surface area contributed by atoms with Gasteiger partial charge in [-0.15, -0.1) is 0 Å². The van der Waals surface area contributed by atoms with Crippen molar-refractivity contribution in [3.8, 4) is 0 Å². The van der Waals surface area contributed by atoms with Crippen molar-refractivity contribution in [2.24, 2.45) is 5.92 Å². The molecule has 0 aliphatic heterocycles. The Morgan fingerprint density at radius 2 is 2.05 bits per heavy atom. The molecule has 3 heteroatoms. The molecule has 1 fully saturated rings. The summed E-state index contributed by atoms with van der Waals surface area (Å²) in [5.41, 5.74) is 2.30. The monoisotopic (exact) mass is 279 g/mol. The van der Waals surface area contributed by atoms with Gasteiger partial charge in [0.05, 0.1) is 6.10 Å². The average molecular weight is 279 g/mol. The van der Waals surface area contributed by atoms with Crippen LogP contribution in [0.3, 0.4) is 0 Å². The van der Waals surface area contributed by atoms with E-state index >= 15 is 0 Å². The van der Waals surface area contributed by atoms with E-state index in [9.17, 15) is 9.50 Å². The smallest absolute Gasteiger partial charge is 0.126 e. The average Bonchev–Trinajstić information content (AvgIpc) is 2.40. The second-order valence-electron chi connectivity index (χ2n) is 6.37. The second kappa shape index (κ2) is 6.13. The fourth-order valence-corrected chi connectivity index (χ4v) is 3.27. The predicted molar refractivity (Wildman–Crippen MR) is 81.6 cm³/mol. The molecule has 1 N–H and O–H groups in total. The Balaban J connectivity index is 2.32. The molecular formula is C17H26FNO. The zero-order valence-corrected chi connectivity index (χ0v) is 13.0. The Bertz CT molecular complexity index is 472. The number of hydrogen-bond acceptors (Lipinski definition) is 2. The lowest BCUT2D eigenvalue weighted by atomic mass is 9.86. The number of aliphatic hydroxyl groups is 1. The fraction of sp³-hybridized carbons (Fsp3) is 0.647. The van der Waals surface area contributed by atoms with Gasteiger partial charge in [0.15, 0.2) is 0 Å². The first-order valence-electron chi connectivity index (χ1n) is 7.61. The maximum atomic E-state index is 13.8. The van der Waals surface area contributed by atoms with Crippen LogP contribution < -0.4 is 4.90 Å². The molecule has 20 heavy (non-hydrogen) atoms. The third-order valence-electron chi connectivity index (χ3n) is 4.59. The highest BCUT2D eigenvalue weighted by Crippen LogP contribution is 2.34. The fourth-order valence-electron chi connectivity index (χ4n) is 3.27. The van der Waals surface area contributed by atoms with E-state index < -0.39 is 6.10 Å². The minimum absolute atomic E-state index is 0.241. The molecule has 0 heterocycles. The molecule has 0 bridgehead atoms. The molecule has 2 rings (SSSR count). The summed E-state index contributed by atoms with van der Waals surface area (Å²) in [6.07, 6.45) is 4.25. The van der Waals surface area contributed by atoms with Crippen LogP contribution in [0.5, 0.6) is 0 Å². The van der Waals surface area contributed by atoms with Gasteiger partial charge in [-0.05, 0) is 50.3 Å². The lowest BCUT2D eigenvalue weighted by molar-refractivity contribution is 0.199. The molecule has 1 aliphatic carbocycles. The molecule has 112 valence electrons. The number of rotatable bonds is 3. The summed E-state index contributed by atoms with van der Waals surface area (Å²) in [7, 11) is 2.07. The summed E-state index contributed by atoms with van der Waals surface area (Å²) >= 11 is 0. The molecule has 1 saturated carbocycles. The SMILES string of the molecule is Cc1cc(N(C)C2CCCC(C)C2)c([C@H](C)O)cc1F. The molecule has 0 amide bonds. The molecule has 1 aromatic rings. The van der Waals surface area contributed by atoms with Gasteiger partial charge >= 0.3 is 0 Å². The van der Waals surface area contributed by atoms with Crippen molar-refractivity contribution in [2.45, 2.75) is 58.6 Å². The quantitative estimate of drug-likeness (QED) is 0.896. The third-order valence-corrected chi connectivity index (χ3v) is 4.59. The first-order valence-corrected chi connectivity index (χ1v) is 7.61. The van der Waals surface area contributed by atoms with E-state index in [0.29, 0.717) is 17.2 Å². The number of benzene rings is 1. The molecule has 3 atom stereocenters. The third kappa shape index (κ3) is 3.14. The van der Waals surface area contributed by atoms with Crippen molar-refractivity contribution in [3.63, 3.8) is 0 Å². The molecule has 2 nitrogen and oxygen atoms in total. The van der Waals surface area contributed by atoms with Crippen LogP contribution in [0.4, 0.5) is 10.1 Å². The number of nitrogens with zero attached hydrogens (tertiary/aromatic N) is 1. The van der Waals surface area contributed by atoms with Crippen molar-refractivity contribution in [1.29, 1.82) is 0 Å². The zero-order valence-electron chi connectivity index (χ0n) is 13.0. The van der Waals surface area contributed by atoms with Gasteiger partial charge in [0.25, 0.3) is 0 Å². The molecule has 1 aromatic carbocycles. The number of aryl methyl sites for hydroxylation is 1. The second-order valence-corrected chi connectivity index (χ2v) is 6.37. The summed E-state index contributed by atoms with van der Waals surface area (Å²) in [6, 6.07) is 3.84. The van der Waals surface area contributed by atoms with E-state index in [1.54, 1.807) is 13.8 Å². The summed E-state index contributed by atoms with van der Waals surface area (Å²) in [6.45, 7) is 5.78. The van der Waals surface area contributed by atoms with Crippen LogP contribution in [0.2, 0.25) is 0 Å². The summed E-state index contributed by atoms with van der Waals surface area (Å²) in [4.78, 5) is 2.24. The first-order chi connectivity index (χ1) is 9.40. The highest BCUT2D eigenvalue weighted by Gasteiger charge is 2.25. The van der Waals surface area contributed by atoms with Crippen LogP contribution >= 0.6 is 0 Å². The van der Waals surface area contributed by atoms with Gasteiger partial charge in [0.1, 0.15) is 5.82 Å². The van der Waals surface area contributed by atoms with Crippen LogP contribution in [-0.2, 0) is 0 Å². The Morgan fingerprint density at radius 3 is 2.65 bits per heavy atom. The van der Waals surface area contributed by atoms with Crippen LogP contribution in [-0.4, -0.2) is 18.2 Å². The summed E-state index contributed by atoms with van der Waals surface area (Å²) in [5, 5.41) is 9.93. The Hall–Kier alpha value is -1.09. The number of anilines is 1. The first kappa shape index (κ1) is 15.3. The van der Waals surface area contributed by atoms with Crippen molar-refractivity contribution < 1.29 is 9.50 Å². The van der Waals surface area contributed by atoms with Crippen LogP contribution in [0.15, 0.2) is 12.1 Å². The molecular weight excluding hydrogens is 253 g/mol. The van der Waals surface area contributed by atoms with E-state index in [4.69, 9.17) is 0 Å². The lowest BCUT2D eigenvalue weighted by Crippen LogP contribution is -2.36. The Labute approximate surface area is 121 Å². The number of hydrogen-bond donors (Lipinski definition) is 1. The van der Waals surface area contributed by atoms with Gasteiger partial charge in [0, 0.05) is 24.3 Å². The van der Waals surface area contributed by atoms with E-state index in [-0.39, 0.29) is 5.82 Å². The van der Waals surface area contributed by atoms with E-state index in [0.717, 1.165) is 11.6 Å². The standard InChI is InChI=1S/C17H26FNO/c1-11-6-5-7-14(8-11)19(4)17-9-12(2)16(18)10-15(17)13(3)20/h9-11,13-14,20H,5-8H2,1-4H3/t11?,13-,14?/m0/s1. The van der Waals surface area contributed by atoms with Crippen LogP contribution in [0.1, 0.15) is 56.8 Å². The number of halogens is 1. The minimum atomic E-state index is -0.649. The van der Waals surface area contributed by atoms with Crippen molar-refractivity contribution in [2.75, 3.05) is 11.9 Å². The van der Waals surface area contributed by atoms with Crippen LogP contribution in [0, 0.1) is 18.7 Å². The van der Waals surface area contributed by atoms with E-state index in [1.165, 1.54) is 31.7 Å². The highest BCUT2D eigenvalue weighted by atomic mass is 19.1. The maximum Gasteiger partial charge on any atom is 0.126 e. The molecule has 0 saturated heterocycles. The van der Waals surface area contributed by atoms with Crippen molar-refractivity contribution in [1.82, 2.24) is 0 Å². The topological polar surface area (TPSA) is 23.5 Å². The van der Waals surface area contributed by atoms with E-state index in [2.05, 4.69) is 18.9 Å².